The molecule has 0 aromatic rings. The summed E-state index contributed by atoms with van der Waals surface area (Å²) in [6.45, 7) is 23.4. The van der Waals surface area contributed by atoms with Crippen LogP contribution in [0.1, 0.15) is 20.8 Å². The van der Waals surface area contributed by atoms with E-state index < -0.39 is 34.0 Å². The number of hydrogen-bond donors (Lipinski definition) is 0. The van der Waals surface area contributed by atoms with Crippen LogP contribution in [0.3, 0.4) is 0 Å². The molecule has 24 heavy (non-hydrogen) atoms. The lowest BCUT2D eigenvalue weighted by Crippen LogP contribution is -2.55. The highest BCUT2D eigenvalue weighted by atomic mass is 28.5. The molecule has 0 aliphatic rings. The molecule has 0 saturated carbocycles. The summed E-state index contributed by atoms with van der Waals surface area (Å²) >= 11 is 0. The van der Waals surface area contributed by atoms with E-state index in [2.05, 4.69) is 45.8 Å². The molecule has 9 heteroatoms. The summed E-state index contributed by atoms with van der Waals surface area (Å²) in [4.78, 5) is 0. The van der Waals surface area contributed by atoms with Crippen LogP contribution in [0.5, 0.6) is 0 Å². The van der Waals surface area contributed by atoms with E-state index in [9.17, 15) is 0 Å². The maximum Gasteiger partial charge on any atom is 0.500 e. The molecule has 5 nitrogen and oxygen atoms in total. The van der Waals surface area contributed by atoms with Crippen molar-refractivity contribution in [3.05, 3.63) is 0 Å². The molecule has 0 radical (unpaired) electrons. The third-order valence-electron chi connectivity index (χ3n) is 3.02. The van der Waals surface area contributed by atoms with Crippen molar-refractivity contribution in [2.45, 2.75) is 78.7 Å². The van der Waals surface area contributed by atoms with Gasteiger partial charge in [-0.15, -0.1) is 0 Å². The fourth-order valence-corrected chi connectivity index (χ4v) is 19.6. The van der Waals surface area contributed by atoms with Crippen molar-refractivity contribution in [1.82, 2.24) is 0 Å². The minimum atomic E-state index is -2.65. The molecule has 0 atom stereocenters. The zero-order valence-electron chi connectivity index (χ0n) is 17.6. The van der Waals surface area contributed by atoms with Gasteiger partial charge in [-0.2, -0.15) is 0 Å². The molecule has 0 aromatic heterocycles. The van der Waals surface area contributed by atoms with E-state index in [1.54, 1.807) is 0 Å². The Balaban J connectivity index is 5.29. The van der Waals surface area contributed by atoms with Gasteiger partial charge < -0.3 is 21.5 Å². The van der Waals surface area contributed by atoms with Gasteiger partial charge in [0, 0.05) is 25.9 Å². The van der Waals surface area contributed by atoms with Crippen LogP contribution in [0.25, 0.3) is 0 Å². The minimum absolute atomic E-state index is 0.605. The fraction of sp³-hybridized carbons (Fsp3) is 1.00. The van der Waals surface area contributed by atoms with Gasteiger partial charge in [-0.05, 0) is 72.6 Å². The topological polar surface area (TPSA) is 46.2 Å². The predicted molar refractivity (Wildman–Crippen MR) is 111 cm³/mol. The van der Waals surface area contributed by atoms with Gasteiger partial charge in [0.1, 0.15) is 0 Å². The second-order valence-electron chi connectivity index (χ2n) is 8.04. The lowest BCUT2D eigenvalue weighted by molar-refractivity contribution is 0.0720. The largest absolute Gasteiger partial charge is 0.500 e. The Kier molecular flexibility index (Phi) is 10.4. The Bertz CT molecular complexity index is 322. The second kappa shape index (κ2) is 10.1. The molecular weight excluding hydrogens is 373 g/mol. The summed E-state index contributed by atoms with van der Waals surface area (Å²) in [5, 5.41) is 0. The second-order valence-corrected chi connectivity index (χ2v) is 23.6. The first kappa shape index (κ1) is 24.7. The summed E-state index contributed by atoms with van der Waals surface area (Å²) in [7, 11) is -8.33. The zero-order chi connectivity index (χ0) is 19.1. The number of hydrogen-bond acceptors (Lipinski definition) is 5. The van der Waals surface area contributed by atoms with Crippen LogP contribution in [-0.2, 0) is 21.5 Å². The molecule has 0 saturated heterocycles. The summed E-state index contributed by atoms with van der Waals surface area (Å²) in [6.07, 6.45) is 0. The van der Waals surface area contributed by atoms with Crippen LogP contribution in [0.4, 0.5) is 0 Å². The van der Waals surface area contributed by atoms with E-state index in [4.69, 9.17) is 21.5 Å². The highest BCUT2D eigenvalue weighted by molar-refractivity contribution is 6.88. The van der Waals surface area contributed by atoms with Crippen LogP contribution in [0.15, 0.2) is 0 Å². The molecule has 0 bridgehead atoms. The van der Waals surface area contributed by atoms with Crippen molar-refractivity contribution < 1.29 is 21.5 Å². The van der Waals surface area contributed by atoms with Gasteiger partial charge in [0.15, 0.2) is 16.6 Å². The fourth-order valence-electron chi connectivity index (χ4n) is 2.80. The average molecular weight is 413 g/mol. The Hall–Kier alpha value is 0.668. The van der Waals surface area contributed by atoms with Crippen molar-refractivity contribution in [1.29, 1.82) is 0 Å². The molecule has 0 aliphatic heterocycles. The molecule has 0 fully saturated rings. The Morgan fingerprint density at radius 2 is 0.875 bits per heavy atom. The first-order chi connectivity index (χ1) is 10.8. The number of rotatable bonds is 13. The van der Waals surface area contributed by atoms with Gasteiger partial charge in [-0.3, -0.25) is 0 Å². The Labute approximate surface area is 154 Å². The molecule has 0 amide bonds. The zero-order valence-corrected chi connectivity index (χ0v) is 21.6. The van der Waals surface area contributed by atoms with Crippen LogP contribution in [0.2, 0.25) is 57.9 Å². The molecule has 146 valence electrons. The van der Waals surface area contributed by atoms with Crippen molar-refractivity contribution in [3.8, 4) is 0 Å². The summed E-state index contributed by atoms with van der Waals surface area (Å²) < 4.78 is 31.1. The summed E-state index contributed by atoms with van der Waals surface area (Å²) in [5.74, 6) is 0. The lowest BCUT2D eigenvalue weighted by atomic mass is 10.9. The molecular formula is C15H40O5Si4. The molecule has 0 unspecified atom stereocenters. The highest BCUT2D eigenvalue weighted by Crippen LogP contribution is 2.29. The van der Waals surface area contributed by atoms with E-state index in [-0.39, 0.29) is 0 Å². The van der Waals surface area contributed by atoms with Gasteiger partial charge in [-0.25, -0.2) is 0 Å². The van der Waals surface area contributed by atoms with Crippen molar-refractivity contribution in [3.63, 3.8) is 0 Å². The van der Waals surface area contributed by atoms with E-state index in [0.717, 1.165) is 12.1 Å². The van der Waals surface area contributed by atoms with Crippen LogP contribution in [0, 0.1) is 0 Å². The van der Waals surface area contributed by atoms with Gasteiger partial charge in [0.2, 0.25) is 0 Å². The molecule has 0 spiro atoms. The molecule has 0 rings (SSSR count). The predicted octanol–water partition coefficient (Wildman–Crippen LogP) is 4.81. The van der Waals surface area contributed by atoms with Gasteiger partial charge in [0.25, 0.3) is 0 Å². The SMILES string of the molecule is CCO[Si](CC[Si](C)(O[Si](C)(C)C)O[Si](C)(C)C)(OCC)OCC. The van der Waals surface area contributed by atoms with E-state index in [0.29, 0.717) is 19.8 Å². The third kappa shape index (κ3) is 10.6. The monoisotopic (exact) mass is 412 g/mol. The van der Waals surface area contributed by atoms with Crippen LogP contribution >= 0.6 is 0 Å². The van der Waals surface area contributed by atoms with E-state index in [1.165, 1.54) is 0 Å². The smallest absolute Gasteiger partial charge is 0.437 e. The molecule has 0 aromatic carbocycles. The minimum Gasteiger partial charge on any atom is -0.437 e. The van der Waals surface area contributed by atoms with E-state index >= 15 is 0 Å². The van der Waals surface area contributed by atoms with E-state index in [1.807, 2.05) is 20.8 Å². The Morgan fingerprint density at radius 1 is 0.542 bits per heavy atom. The first-order valence-electron chi connectivity index (χ1n) is 9.12. The Morgan fingerprint density at radius 3 is 1.12 bits per heavy atom. The van der Waals surface area contributed by atoms with Crippen LogP contribution in [-0.4, -0.2) is 53.8 Å². The highest BCUT2D eigenvalue weighted by Gasteiger charge is 2.47. The molecule has 0 aliphatic carbocycles. The molecule has 0 N–H and O–H groups in total. The lowest BCUT2D eigenvalue weighted by Gasteiger charge is -2.40. The van der Waals surface area contributed by atoms with Crippen LogP contribution < -0.4 is 0 Å². The maximum atomic E-state index is 6.58. The van der Waals surface area contributed by atoms with Gasteiger partial charge in [-0.1, -0.05) is 0 Å². The first-order valence-corrected chi connectivity index (χ1v) is 20.4. The normalized spacial score (nSPS) is 14.2. The average Bonchev–Trinajstić information content (AvgIpc) is 2.33. The quantitative estimate of drug-likeness (QED) is 0.406. The maximum absolute atomic E-state index is 6.58. The standard InChI is InChI=1S/C15H40O5Si4/c1-11-16-24(17-12-2,18-13-3)15-14-23(10,19-21(4,5)6)20-22(7,8)9/h11-15H2,1-10H3. The third-order valence-corrected chi connectivity index (χ3v) is 16.1. The van der Waals surface area contributed by atoms with Crippen molar-refractivity contribution in [2.24, 2.45) is 0 Å². The summed E-state index contributed by atoms with van der Waals surface area (Å²) in [5.41, 5.74) is 0. The van der Waals surface area contributed by atoms with Gasteiger partial charge in [0.05, 0.1) is 0 Å². The van der Waals surface area contributed by atoms with Gasteiger partial charge >= 0.3 is 17.4 Å². The molecule has 0 heterocycles. The van der Waals surface area contributed by atoms with Crippen molar-refractivity contribution in [2.75, 3.05) is 19.8 Å². The summed E-state index contributed by atoms with van der Waals surface area (Å²) in [6, 6.07) is 1.62. The van der Waals surface area contributed by atoms with Crippen molar-refractivity contribution >= 4 is 34.0 Å².